The lowest BCUT2D eigenvalue weighted by molar-refractivity contribution is 0.471. The molecule has 3 N–H and O–H groups in total. The van der Waals surface area contributed by atoms with Crippen molar-refractivity contribution in [3.05, 3.63) is 77.9 Å². The fourth-order valence-electron chi connectivity index (χ4n) is 4.66. The molecule has 2 unspecified atom stereocenters. The molecule has 1 aliphatic carbocycles. The largest absolute Gasteiger partial charge is 0.508 e. The van der Waals surface area contributed by atoms with Crippen molar-refractivity contribution in [3.63, 3.8) is 0 Å². The van der Waals surface area contributed by atoms with E-state index in [9.17, 15) is 14.8 Å². The molecule has 176 valence electrons. The molecule has 2 aromatic carbocycles. The Bertz CT molecular complexity index is 1520. The van der Waals surface area contributed by atoms with Crippen LogP contribution in [-0.4, -0.2) is 38.6 Å². The molecule has 7 nitrogen and oxygen atoms in total. The summed E-state index contributed by atoms with van der Waals surface area (Å²) in [5.41, 5.74) is 10.9. The van der Waals surface area contributed by atoms with E-state index in [1.165, 1.54) is 12.1 Å². The van der Waals surface area contributed by atoms with Crippen molar-refractivity contribution >= 4 is 11.6 Å². The Labute approximate surface area is 202 Å². The number of benzene rings is 2. The number of phenols is 1. The zero-order chi connectivity index (χ0) is 24.9. The number of aromatic nitrogens is 3. The first-order chi connectivity index (χ1) is 16.8. The van der Waals surface area contributed by atoms with E-state index in [0.29, 0.717) is 34.0 Å². The zero-order valence-electron chi connectivity index (χ0n) is 19.5. The molecule has 2 atom stereocenters. The molecule has 0 amide bonds. The van der Waals surface area contributed by atoms with Gasteiger partial charge in [-0.05, 0) is 49.1 Å². The maximum atomic E-state index is 14.7. The predicted octanol–water partition coefficient (Wildman–Crippen LogP) is 4.57. The molecule has 1 aliphatic rings. The molecule has 2 aromatic heterocycles. The monoisotopic (exact) mass is 468 g/mol. The quantitative estimate of drug-likeness (QED) is 0.425. The highest BCUT2D eigenvalue weighted by atomic mass is 19.1. The number of halogens is 1. The highest BCUT2D eigenvalue weighted by Crippen LogP contribution is 2.39. The number of imidazole rings is 1. The maximum Gasteiger partial charge on any atom is 0.211 e. The molecule has 35 heavy (non-hydrogen) atoms. The van der Waals surface area contributed by atoms with Crippen LogP contribution in [-0.2, 0) is 0 Å². The fraction of sp³-hybridized carbons (Fsp3) is 0.222. The third-order valence-corrected chi connectivity index (χ3v) is 6.80. The molecule has 0 aliphatic heterocycles. The van der Waals surface area contributed by atoms with Crippen LogP contribution in [0, 0.1) is 24.1 Å². The van der Waals surface area contributed by atoms with Gasteiger partial charge in [-0.3, -0.25) is 4.40 Å². The number of hydrogen-bond donors (Lipinski definition) is 2. The van der Waals surface area contributed by atoms with E-state index in [1.807, 2.05) is 42.8 Å². The summed E-state index contributed by atoms with van der Waals surface area (Å²) in [4.78, 5) is 11.7. The van der Waals surface area contributed by atoms with Crippen molar-refractivity contribution in [1.29, 1.82) is 5.26 Å². The number of phenolic OH excluding ortho intramolecular Hbond substituents is 1. The van der Waals surface area contributed by atoms with Crippen LogP contribution in [0.5, 0.6) is 5.75 Å². The van der Waals surface area contributed by atoms with Crippen LogP contribution in [0.1, 0.15) is 24.0 Å². The van der Waals surface area contributed by atoms with Crippen molar-refractivity contribution in [2.24, 2.45) is 5.73 Å². The molecule has 0 spiro atoms. The molecule has 1 saturated carbocycles. The molecule has 0 radical (unpaired) electrons. The number of nitrogens with two attached hydrogens (primary N) is 1. The van der Waals surface area contributed by atoms with Gasteiger partial charge in [0.25, 0.3) is 0 Å². The minimum atomic E-state index is -0.624. The number of anilines is 1. The zero-order valence-corrected chi connectivity index (χ0v) is 19.5. The molecule has 0 bridgehead atoms. The van der Waals surface area contributed by atoms with Crippen LogP contribution >= 0.6 is 0 Å². The van der Waals surface area contributed by atoms with E-state index < -0.39 is 5.82 Å². The van der Waals surface area contributed by atoms with Crippen molar-refractivity contribution in [1.82, 2.24) is 14.4 Å². The number of rotatable bonds is 4. The van der Waals surface area contributed by atoms with Crippen molar-refractivity contribution in [2.45, 2.75) is 31.8 Å². The van der Waals surface area contributed by atoms with Crippen molar-refractivity contribution in [2.75, 3.05) is 11.9 Å². The van der Waals surface area contributed by atoms with Gasteiger partial charge in [-0.1, -0.05) is 30.4 Å². The van der Waals surface area contributed by atoms with E-state index in [4.69, 9.17) is 10.7 Å². The smallest absolute Gasteiger partial charge is 0.211 e. The first kappa shape index (κ1) is 22.6. The Morgan fingerprint density at radius 2 is 2.03 bits per heavy atom. The van der Waals surface area contributed by atoms with Gasteiger partial charge in [-0.2, -0.15) is 5.26 Å². The summed E-state index contributed by atoms with van der Waals surface area (Å²) >= 11 is 0. The summed E-state index contributed by atoms with van der Waals surface area (Å²) in [5.74, 6) is 0.147. The van der Waals surface area contributed by atoms with Gasteiger partial charge in [0.15, 0.2) is 0 Å². The second kappa shape index (κ2) is 8.53. The van der Waals surface area contributed by atoms with Crippen LogP contribution in [0.3, 0.4) is 0 Å². The molecule has 4 aromatic rings. The van der Waals surface area contributed by atoms with Gasteiger partial charge in [0.05, 0.1) is 16.8 Å². The second-order valence-corrected chi connectivity index (χ2v) is 9.03. The fourth-order valence-corrected chi connectivity index (χ4v) is 4.66. The van der Waals surface area contributed by atoms with Crippen molar-refractivity contribution in [3.8, 4) is 34.2 Å². The Balaban J connectivity index is 1.78. The molecular weight excluding hydrogens is 443 g/mol. The number of fused-ring (bicyclic) bond motifs is 1. The Hall–Kier alpha value is -4.22. The SMILES string of the molecule is C=C1CC(N(C)c2nc(-c3ccc(C#N)c(F)c3)c(-c3ccc(C)c(O)c3)c3nccn23)CC1N. The summed E-state index contributed by atoms with van der Waals surface area (Å²) in [6.07, 6.45) is 5.03. The lowest BCUT2D eigenvalue weighted by atomic mass is 9.98. The third-order valence-electron chi connectivity index (χ3n) is 6.80. The maximum absolute atomic E-state index is 14.7. The lowest BCUT2D eigenvalue weighted by Gasteiger charge is -2.27. The van der Waals surface area contributed by atoms with E-state index in [0.717, 1.165) is 24.0 Å². The molecular formula is C27H25FN6O. The third kappa shape index (κ3) is 3.80. The van der Waals surface area contributed by atoms with Crippen LogP contribution in [0.4, 0.5) is 10.3 Å². The van der Waals surface area contributed by atoms with Crippen molar-refractivity contribution < 1.29 is 9.50 Å². The first-order valence-electron chi connectivity index (χ1n) is 11.3. The number of aryl methyl sites for hydroxylation is 1. The van der Waals surface area contributed by atoms with Crippen LogP contribution in [0.2, 0.25) is 0 Å². The molecule has 5 rings (SSSR count). The van der Waals surface area contributed by atoms with Crippen LogP contribution in [0.25, 0.3) is 28.0 Å². The van der Waals surface area contributed by atoms with Gasteiger partial charge >= 0.3 is 0 Å². The highest BCUT2D eigenvalue weighted by Gasteiger charge is 2.31. The Morgan fingerprint density at radius 3 is 2.69 bits per heavy atom. The molecule has 2 heterocycles. The highest BCUT2D eigenvalue weighted by molar-refractivity contribution is 5.91. The summed E-state index contributed by atoms with van der Waals surface area (Å²) in [5, 5.41) is 19.6. The van der Waals surface area contributed by atoms with Crippen LogP contribution < -0.4 is 10.6 Å². The summed E-state index contributed by atoms with van der Waals surface area (Å²) in [6.45, 7) is 5.91. The Morgan fingerprint density at radius 1 is 1.26 bits per heavy atom. The minimum absolute atomic E-state index is 0.0408. The topological polar surface area (TPSA) is 103 Å². The van der Waals surface area contributed by atoms with Crippen LogP contribution in [0.15, 0.2) is 60.9 Å². The van der Waals surface area contributed by atoms with Gasteiger partial charge in [-0.15, -0.1) is 0 Å². The number of nitrogens with zero attached hydrogens (tertiary/aromatic N) is 5. The van der Waals surface area contributed by atoms with E-state index in [-0.39, 0.29) is 23.4 Å². The number of aromatic hydroxyl groups is 1. The first-order valence-corrected chi connectivity index (χ1v) is 11.3. The predicted molar refractivity (Wildman–Crippen MR) is 133 cm³/mol. The normalized spacial score (nSPS) is 17.6. The summed E-state index contributed by atoms with van der Waals surface area (Å²) in [6, 6.07) is 11.7. The number of nitriles is 1. The molecule has 8 heteroatoms. The molecule has 1 fully saturated rings. The average molecular weight is 469 g/mol. The minimum Gasteiger partial charge on any atom is -0.508 e. The number of hydrogen-bond acceptors (Lipinski definition) is 6. The van der Waals surface area contributed by atoms with E-state index in [1.54, 1.807) is 18.3 Å². The average Bonchev–Trinajstić information content (AvgIpc) is 3.46. The van der Waals surface area contributed by atoms with Gasteiger partial charge in [0.2, 0.25) is 5.95 Å². The second-order valence-electron chi connectivity index (χ2n) is 9.03. The van der Waals surface area contributed by atoms with E-state index in [2.05, 4.69) is 16.5 Å². The standard InChI is InChI=1S/C27H25FN6O/c1-15-4-5-17(12-23(15)35)24-25(18-6-7-19(14-29)21(28)11-18)32-27(34-9-8-31-26(24)34)33(3)20-10-16(2)22(30)13-20/h4-9,11-12,20,22,35H,2,10,13,30H2,1,3H3. The summed E-state index contributed by atoms with van der Waals surface area (Å²) in [7, 11) is 1.96. The van der Waals surface area contributed by atoms with Gasteiger partial charge < -0.3 is 15.7 Å². The summed E-state index contributed by atoms with van der Waals surface area (Å²) < 4.78 is 16.6. The van der Waals surface area contributed by atoms with Gasteiger partial charge in [-0.25, -0.2) is 14.4 Å². The Kier molecular flexibility index (Phi) is 5.50. The lowest BCUT2D eigenvalue weighted by Crippen LogP contribution is -2.33. The molecule has 0 saturated heterocycles. The van der Waals surface area contributed by atoms with E-state index >= 15 is 0 Å². The van der Waals surface area contributed by atoms with Gasteiger partial charge in [0, 0.05) is 37.1 Å². The van der Waals surface area contributed by atoms with Gasteiger partial charge in [0.1, 0.15) is 23.3 Å².